The van der Waals surface area contributed by atoms with E-state index >= 15 is 0 Å². The van der Waals surface area contributed by atoms with E-state index in [0.29, 0.717) is 35.9 Å². The van der Waals surface area contributed by atoms with Crippen molar-refractivity contribution in [1.82, 2.24) is 0 Å². The van der Waals surface area contributed by atoms with E-state index in [-0.39, 0.29) is 23.5 Å². The topological polar surface area (TPSA) is 61.8 Å². The fourth-order valence-electron chi connectivity index (χ4n) is 9.27. The smallest absolute Gasteiger partial charge is 0.302 e. The van der Waals surface area contributed by atoms with Gasteiger partial charge in [-0.1, -0.05) is 32.4 Å². The molecule has 9 atom stereocenters. The summed E-state index contributed by atoms with van der Waals surface area (Å²) in [5.74, 6) is 3.93. The Kier molecular flexibility index (Phi) is 6.83. The van der Waals surface area contributed by atoms with Crippen LogP contribution in [0.3, 0.4) is 0 Å². The van der Waals surface area contributed by atoms with Gasteiger partial charge in [0.05, 0.1) is 12.4 Å². The summed E-state index contributed by atoms with van der Waals surface area (Å²) < 4.78 is 17.5. The molecule has 3 saturated carbocycles. The molecule has 0 amide bonds. The van der Waals surface area contributed by atoms with Crippen molar-refractivity contribution in [2.24, 2.45) is 40.4 Å². The molecule has 0 aromatic heterocycles. The Bertz CT molecular complexity index is 964. The van der Waals surface area contributed by atoms with Crippen LogP contribution in [0.25, 0.3) is 0 Å². The lowest BCUT2D eigenvalue weighted by Crippen LogP contribution is -2.50. The van der Waals surface area contributed by atoms with Crippen LogP contribution in [0.4, 0.5) is 0 Å². The van der Waals surface area contributed by atoms with Crippen molar-refractivity contribution >= 4 is 11.9 Å². The van der Waals surface area contributed by atoms with Gasteiger partial charge in [0.1, 0.15) is 12.2 Å². The van der Waals surface area contributed by atoms with Crippen LogP contribution in [-0.2, 0) is 23.8 Å². The first-order valence-electron chi connectivity index (χ1n) is 14.4. The molecule has 0 aromatic carbocycles. The van der Waals surface area contributed by atoms with Crippen LogP contribution in [0.1, 0.15) is 99.3 Å². The number of allylic oxidation sites excluding steroid dienone is 2. The molecule has 4 aliphatic carbocycles. The summed E-state index contributed by atoms with van der Waals surface area (Å²) in [4.78, 5) is 22.7. The summed E-state index contributed by atoms with van der Waals surface area (Å²) in [6, 6.07) is 0. The van der Waals surface area contributed by atoms with Gasteiger partial charge >= 0.3 is 11.9 Å². The molecule has 0 aromatic rings. The van der Waals surface area contributed by atoms with E-state index in [1.54, 1.807) is 5.57 Å². The van der Waals surface area contributed by atoms with E-state index < -0.39 is 0 Å². The van der Waals surface area contributed by atoms with Gasteiger partial charge in [0.25, 0.3) is 0 Å². The van der Waals surface area contributed by atoms with Crippen molar-refractivity contribution in [3.8, 4) is 0 Å². The number of hydrogen-bond donors (Lipinski definition) is 0. The van der Waals surface area contributed by atoms with E-state index in [2.05, 4.69) is 33.8 Å². The summed E-state index contributed by atoms with van der Waals surface area (Å²) in [5.41, 5.74) is 3.62. The number of ether oxygens (including phenoxy) is 3. The Morgan fingerprint density at radius 1 is 1.14 bits per heavy atom. The van der Waals surface area contributed by atoms with Gasteiger partial charge in [0.15, 0.2) is 0 Å². The number of hydrogen-bond acceptors (Lipinski definition) is 5. The minimum atomic E-state index is -0.200. The molecule has 0 N–H and O–H groups in total. The lowest BCUT2D eigenvalue weighted by molar-refractivity contribution is -0.148. The Morgan fingerprint density at radius 3 is 2.64 bits per heavy atom. The first-order valence-corrected chi connectivity index (χ1v) is 14.4. The zero-order valence-corrected chi connectivity index (χ0v) is 23.2. The van der Waals surface area contributed by atoms with Crippen LogP contribution in [0, 0.1) is 40.4 Å². The Labute approximate surface area is 217 Å². The lowest BCUT2D eigenvalue weighted by Gasteiger charge is -2.58. The van der Waals surface area contributed by atoms with Gasteiger partial charge < -0.3 is 14.2 Å². The highest BCUT2D eigenvalue weighted by atomic mass is 16.5. The fraction of sp³-hybridized carbons (Fsp3) is 0.806. The minimum absolute atomic E-state index is 0.0643. The Morgan fingerprint density at radius 2 is 1.92 bits per heavy atom. The number of carbonyl (C=O) groups excluding carboxylic acids is 2. The van der Waals surface area contributed by atoms with Gasteiger partial charge in [-0.3, -0.25) is 9.59 Å². The molecule has 5 nitrogen and oxygen atoms in total. The van der Waals surface area contributed by atoms with Crippen molar-refractivity contribution in [3.05, 3.63) is 23.0 Å². The average Bonchev–Trinajstić information content (AvgIpc) is 3.29. The van der Waals surface area contributed by atoms with Crippen molar-refractivity contribution in [1.29, 1.82) is 0 Å². The molecule has 0 spiro atoms. The quantitative estimate of drug-likeness (QED) is 0.299. The minimum Gasteiger partial charge on any atom is -0.494 e. The normalized spacial score (nSPS) is 41.8. The maximum Gasteiger partial charge on any atom is 0.302 e. The molecule has 3 fully saturated rings. The summed E-state index contributed by atoms with van der Waals surface area (Å²) in [7, 11) is 0. The van der Waals surface area contributed by atoms with Crippen LogP contribution in [-0.4, -0.2) is 30.8 Å². The van der Waals surface area contributed by atoms with E-state index in [1.165, 1.54) is 50.9 Å². The highest BCUT2D eigenvalue weighted by molar-refractivity contribution is 5.66. The molecule has 5 heteroatoms. The Hall–Kier alpha value is -1.78. The van der Waals surface area contributed by atoms with Crippen LogP contribution < -0.4 is 0 Å². The summed E-state index contributed by atoms with van der Waals surface area (Å²) >= 11 is 0. The third-order valence-corrected chi connectivity index (χ3v) is 11.0. The number of fused-ring (bicyclic) bond motifs is 7. The second-order valence-electron chi connectivity index (χ2n) is 13.2. The highest BCUT2D eigenvalue weighted by Gasteiger charge is 2.63. The third-order valence-electron chi connectivity index (χ3n) is 11.0. The first kappa shape index (κ1) is 25.9. The predicted octanol–water partition coefficient (Wildman–Crippen LogP) is 6.76. The summed E-state index contributed by atoms with van der Waals surface area (Å²) in [6.07, 6.45) is 12.9. The van der Waals surface area contributed by atoms with Crippen molar-refractivity contribution in [2.45, 2.75) is 112 Å². The second-order valence-corrected chi connectivity index (χ2v) is 13.2. The van der Waals surface area contributed by atoms with E-state index in [1.807, 2.05) is 0 Å². The molecule has 36 heavy (non-hydrogen) atoms. The zero-order valence-electron chi connectivity index (χ0n) is 23.2. The van der Waals surface area contributed by atoms with Gasteiger partial charge in [-0.2, -0.15) is 0 Å². The van der Waals surface area contributed by atoms with Gasteiger partial charge in [-0.25, -0.2) is 0 Å². The van der Waals surface area contributed by atoms with Gasteiger partial charge in [-0.15, -0.1) is 0 Å². The first-order chi connectivity index (χ1) is 17.0. The van der Waals surface area contributed by atoms with Crippen LogP contribution >= 0.6 is 0 Å². The van der Waals surface area contributed by atoms with Gasteiger partial charge in [0.2, 0.25) is 0 Å². The molecule has 0 radical (unpaired) electrons. The zero-order chi connectivity index (χ0) is 25.8. The molecule has 200 valence electrons. The van der Waals surface area contributed by atoms with Crippen LogP contribution in [0.5, 0.6) is 0 Å². The van der Waals surface area contributed by atoms with Crippen molar-refractivity contribution in [2.75, 3.05) is 6.61 Å². The molecular weight excluding hydrogens is 452 g/mol. The molecule has 0 saturated heterocycles. The summed E-state index contributed by atoms with van der Waals surface area (Å²) in [5, 5.41) is 0. The Balaban J connectivity index is 1.29. The van der Waals surface area contributed by atoms with Crippen LogP contribution in [0.15, 0.2) is 23.0 Å². The van der Waals surface area contributed by atoms with E-state index in [4.69, 9.17) is 14.2 Å². The van der Waals surface area contributed by atoms with Crippen LogP contribution in [0.2, 0.25) is 0 Å². The average molecular weight is 499 g/mol. The molecule has 1 heterocycles. The van der Waals surface area contributed by atoms with Gasteiger partial charge in [-0.05, 0) is 91.9 Å². The molecule has 5 aliphatic rings. The van der Waals surface area contributed by atoms with Crippen molar-refractivity contribution in [3.63, 3.8) is 0 Å². The molecule has 0 bridgehead atoms. The molecule has 5 rings (SSSR count). The van der Waals surface area contributed by atoms with E-state index in [0.717, 1.165) is 43.9 Å². The predicted molar refractivity (Wildman–Crippen MR) is 139 cm³/mol. The van der Waals surface area contributed by atoms with Crippen molar-refractivity contribution < 1.29 is 23.8 Å². The standard InChI is InChI=1S/C31H46O5/c1-18(17-34-20(3)32)7-10-27-19(2)29-28(36-27)16-26-24-9-8-22-15-23(35-21(4)33)11-13-30(22,5)25(24)12-14-31(26,29)6/h8,18,23-26,28-29H,7,9-17H2,1-6H3/t18-,23+,24-,25-,26-,28+,29-,30+,31+/m1/s1. The SMILES string of the molecule is CC(=O)OC[C@H](C)CCC1=C(C)[C@@H]2[C@H](C[C@@H]3[C@@H]4CC=C5C[C@@H](OC(C)=O)CC[C@]5(C)[C@@H]4CC[C@@]32C)O1. The van der Waals surface area contributed by atoms with Gasteiger partial charge in [0, 0.05) is 32.6 Å². The number of esters is 2. The summed E-state index contributed by atoms with van der Waals surface area (Å²) in [6.45, 7) is 13.1. The monoisotopic (exact) mass is 498 g/mol. The fourth-order valence-corrected chi connectivity index (χ4v) is 9.27. The second kappa shape index (κ2) is 9.51. The molecule has 1 aliphatic heterocycles. The maximum absolute atomic E-state index is 11.5. The van der Waals surface area contributed by atoms with E-state index in [9.17, 15) is 9.59 Å². The number of rotatable bonds is 6. The number of carbonyl (C=O) groups is 2. The molecule has 0 unspecified atom stereocenters. The molecular formula is C31H46O5. The largest absolute Gasteiger partial charge is 0.494 e. The third kappa shape index (κ3) is 4.32. The maximum atomic E-state index is 11.5. The highest BCUT2D eigenvalue weighted by Crippen LogP contribution is 2.69. The lowest BCUT2D eigenvalue weighted by atomic mass is 9.47.